The average molecular weight is 334 g/mol. The summed E-state index contributed by atoms with van der Waals surface area (Å²) >= 11 is 0. The van der Waals surface area contributed by atoms with Gasteiger partial charge in [-0.2, -0.15) is 5.10 Å². The molecule has 0 spiro atoms. The fourth-order valence-electron chi connectivity index (χ4n) is 2.92. The van der Waals surface area contributed by atoms with E-state index in [1.165, 1.54) is 12.3 Å². The van der Waals surface area contributed by atoms with E-state index in [0.717, 1.165) is 11.3 Å². The third-order valence-electron chi connectivity index (χ3n) is 4.21. The maximum absolute atomic E-state index is 12.6. The molecule has 0 fully saturated rings. The van der Waals surface area contributed by atoms with Gasteiger partial charge >= 0.3 is 5.97 Å². The van der Waals surface area contributed by atoms with Crippen molar-refractivity contribution in [3.63, 3.8) is 0 Å². The molecule has 3 aromatic rings. The van der Waals surface area contributed by atoms with Crippen molar-refractivity contribution in [2.45, 2.75) is 13.1 Å². The van der Waals surface area contributed by atoms with Crippen molar-refractivity contribution < 1.29 is 14.7 Å². The lowest BCUT2D eigenvalue weighted by atomic mass is 10.1. The topological polar surface area (TPSA) is 99.2 Å². The second-order valence-electron chi connectivity index (χ2n) is 5.79. The highest BCUT2D eigenvalue weighted by molar-refractivity contribution is 5.94. The largest absolute Gasteiger partial charge is 0.478 e. The molecule has 7 heteroatoms. The molecule has 1 aromatic carbocycles. The zero-order valence-corrected chi connectivity index (χ0v) is 13.1. The zero-order valence-electron chi connectivity index (χ0n) is 13.1. The molecule has 0 bridgehead atoms. The number of hydrogen-bond donors (Lipinski definition) is 2. The highest BCUT2D eigenvalue weighted by Crippen LogP contribution is 2.30. The van der Waals surface area contributed by atoms with Crippen molar-refractivity contribution >= 4 is 11.9 Å². The van der Waals surface area contributed by atoms with E-state index < -0.39 is 5.97 Å². The lowest BCUT2D eigenvalue weighted by Gasteiger charge is -2.15. The number of rotatable bonds is 3. The molecule has 3 heterocycles. The van der Waals surface area contributed by atoms with Crippen LogP contribution in [0.1, 0.15) is 32.0 Å². The highest BCUT2D eigenvalue weighted by Gasteiger charge is 2.29. The van der Waals surface area contributed by atoms with Crippen LogP contribution >= 0.6 is 0 Å². The Balaban J connectivity index is 1.59. The van der Waals surface area contributed by atoms with E-state index in [1.807, 2.05) is 18.2 Å². The van der Waals surface area contributed by atoms with Gasteiger partial charge in [0.05, 0.1) is 30.0 Å². The lowest BCUT2D eigenvalue weighted by Crippen LogP contribution is -2.25. The number of carbonyl (C=O) groups is 2. The van der Waals surface area contributed by atoms with Gasteiger partial charge < -0.3 is 10.0 Å². The predicted molar refractivity (Wildman–Crippen MR) is 88.8 cm³/mol. The van der Waals surface area contributed by atoms with Crippen LogP contribution in [-0.4, -0.2) is 37.1 Å². The van der Waals surface area contributed by atoms with Gasteiger partial charge in [0.1, 0.15) is 5.69 Å². The molecule has 1 aliphatic heterocycles. The number of H-pyrrole nitrogens is 1. The molecular formula is C18H14N4O3. The summed E-state index contributed by atoms with van der Waals surface area (Å²) in [6.45, 7) is 0.903. The number of nitrogens with one attached hydrogen (secondary N) is 1. The first-order valence-corrected chi connectivity index (χ1v) is 7.73. The van der Waals surface area contributed by atoms with E-state index >= 15 is 0 Å². The van der Waals surface area contributed by atoms with Crippen molar-refractivity contribution in [2.24, 2.45) is 0 Å². The Kier molecular flexibility index (Phi) is 3.53. The van der Waals surface area contributed by atoms with E-state index in [4.69, 9.17) is 5.11 Å². The maximum Gasteiger partial charge on any atom is 0.337 e. The molecule has 1 aliphatic rings. The third-order valence-corrected chi connectivity index (χ3v) is 4.21. The lowest BCUT2D eigenvalue weighted by molar-refractivity contribution is 0.0695. The second kappa shape index (κ2) is 5.86. The van der Waals surface area contributed by atoms with Gasteiger partial charge in [-0.25, -0.2) is 4.79 Å². The summed E-state index contributed by atoms with van der Waals surface area (Å²) in [5.74, 6) is -1.06. The Morgan fingerprint density at radius 1 is 1.04 bits per heavy atom. The number of hydrogen-bond acceptors (Lipinski definition) is 4. The van der Waals surface area contributed by atoms with Gasteiger partial charge in [-0.1, -0.05) is 18.2 Å². The number of carbonyl (C=O) groups excluding carboxylic acids is 1. The molecule has 0 aliphatic carbocycles. The van der Waals surface area contributed by atoms with Crippen molar-refractivity contribution in [1.82, 2.24) is 20.1 Å². The number of carboxylic acid groups (broad SMARTS) is 1. The summed E-state index contributed by atoms with van der Waals surface area (Å²) in [5.41, 5.74) is 3.79. The SMILES string of the molecule is O=C(O)c1ccc(-c2n[nH]c3c2CN(C(=O)c2ccccc2)C3)nc1. The Labute approximate surface area is 142 Å². The number of fused-ring (bicyclic) bond motifs is 1. The van der Waals surface area contributed by atoms with Crippen LogP contribution in [0.15, 0.2) is 48.7 Å². The molecule has 2 N–H and O–H groups in total. The van der Waals surface area contributed by atoms with E-state index in [1.54, 1.807) is 23.1 Å². The molecular weight excluding hydrogens is 320 g/mol. The summed E-state index contributed by atoms with van der Waals surface area (Å²) in [5, 5.41) is 16.2. The second-order valence-corrected chi connectivity index (χ2v) is 5.79. The number of aromatic amines is 1. The Morgan fingerprint density at radius 3 is 2.52 bits per heavy atom. The van der Waals surface area contributed by atoms with Gasteiger partial charge in [-0.15, -0.1) is 0 Å². The molecule has 1 amide bonds. The summed E-state index contributed by atoms with van der Waals surface area (Å²) in [6.07, 6.45) is 1.31. The molecule has 0 radical (unpaired) electrons. The molecule has 4 rings (SSSR count). The number of carboxylic acids is 1. The molecule has 0 saturated carbocycles. The van der Waals surface area contributed by atoms with E-state index in [9.17, 15) is 9.59 Å². The first kappa shape index (κ1) is 15.1. The summed E-state index contributed by atoms with van der Waals surface area (Å²) in [6, 6.07) is 12.3. The molecule has 25 heavy (non-hydrogen) atoms. The van der Waals surface area contributed by atoms with E-state index in [0.29, 0.717) is 30.0 Å². The Bertz CT molecular complexity index is 948. The first-order valence-electron chi connectivity index (χ1n) is 7.73. The predicted octanol–water partition coefficient (Wildman–Crippen LogP) is 2.33. The average Bonchev–Trinajstić information content (AvgIpc) is 3.22. The third kappa shape index (κ3) is 2.65. The van der Waals surface area contributed by atoms with Crippen LogP contribution < -0.4 is 0 Å². The monoisotopic (exact) mass is 334 g/mol. The Morgan fingerprint density at radius 2 is 1.84 bits per heavy atom. The minimum Gasteiger partial charge on any atom is -0.478 e. The molecule has 7 nitrogen and oxygen atoms in total. The molecule has 0 saturated heterocycles. The smallest absolute Gasteiger partial charge is 0.337 e. The number of amides is 1. The minimum absolute atomic E-state index is 0.0367. The standard InChI is InChI=1S/C18H14N4O3/c23-17(11-4-2-1-3-5-11)22-9-13-15(10-22)20-21-16(13)14-7-6-12(8-19-14)18(24)25/h1-8H,9-10H2,(H,20,21)(H,24,25). The van der Waals surface area contributed by atoms with Crippen molar-refractivity contribution in [3.05, 3.63) is 71.0 Å². The number of aromatic carboxylic acids is 1. The van der Waals surface area contributed by atoms with E-state index in [-0.39, 0.29) is 11.5 Å². The number of aromatic nitrogens is 3. The van der Waals surface area contributed by atoms with Gasteiger partial charge in [0, 0.05) is 17.3 Å². The van der Waals surface area contributed by atoms with E-state index in [2.05, 4.69) is 15.2 Å². The van der Waals surface area contributed by atoms with Gasteiger partial charge in [-0.3, -0.25) is 14.9 Å². The fourth-order valence-corrected chi connectivity index (χ4v) is 2.92. The normalized spacial score (nSPS) is 12.9. The van der Waals surface area contributed by atoms with Crippen LogP contribution in [0.4, 0.5) is 0 Å². The highest BCUT2D eigenvalue weighted by atomic mass is 16.4. The maximum atomic E-state index is 12.6. The van der Waals surface area contributed by atoms with Crippen molar-refractivity contribution in [3.8, 4) is 11.4 Å². The van der Waals surface area contributed by atoms with Crippen molar-refractivity contribution in [2.75, 3.05) is 0 Å². The first-order chi connectivity index (χ1) is 12.1. The Hall–Kier alpha value is -3.48. The van der Waals surface area contributed by atoms with Gasteiger partial charge in [0.15, 0.2) is 0 Å². The fraction of sp³-hybridized carbons (Fsp3) is 0.111. The quantitative estimate of drug-likeness (QED) is 0.766. The van der Waals surface area contributed by atoms with Crippen LogP contribution in [0.25, 0.3) is 11.4 Å². The molecule has 2 aromatic heterocycles. The minimum atomic E-state index is -1.02. The van der Waals surface area contributed by atoms with Crippen LogP contribution in [0.2, 0.25) is 0 Å². The summed E-state index contributed by atoms with van der Waals surface area (Å²) in [4.78, 5) is 29.4. The molecule has 0 atom stereocenters. The van der Waals surface area contributed by atoms with Crippen LogP contribution in [0.3, 0.4) is 0 Å². The molecule has 0 unspecified atom stereocenters. The number of benzene rings is 1. The van der Waals surface area contributed by atoms with Crippen LogP contribution in [-0.2, 0) is 13.1 Å². The van der Waals surface area contributed by atoms with Crippen LogP contribution in [0, 0.1) is 0 Å². The number of nitrogens with zero attached hydrogens (tertiary/aromatic N) is 3. The van der Waals surface area contributed by atoms with Gasteiger partial charge in [-0.05, 0) is 24.3 Å². The molecule has 124 valence electrons. The summed E-state index contributed by atoms with van der Waals surface area (Å²) in [7, 11) is 0. The zero-order chi connectivity index (χ0) is 17.4. The van der Waals surface area contributed by atoms with Gasteiger partial charge in [0.2, 0.25) is 0 Å². The summed E-state index contributed by atoms with van der Waals surface area (Å²) < 4.78 is 0. The number of pyridine rings is 1. The van der Waals surface area contributed by atoms with Crippen molar-refractivity contribution in [1.29, 1.82) is 0 Å². The van der Waals surface area contributed by atoms with Crippen LogP contribution in [0.5, 0.6) is 0 Å². The van der Waals surface area contributed by atoms with Gasteiger partial charge in [0.25, 0.3) is 5.91 Å².